The van der Waals surface area contributed by atoms with Crippen LogP contribution in [0, 0.1) is 5.92 Å². The molecule has 0 aromatic carbocycles. The van der Waals surface area contributed by atoms with E-state index in [4.69, 9.17) is 4.74 Å². The summed E-state index contributed by atoms with van der Waals surface area (Å²) in [6.07, 6.45) is 2.97. The molecular formula is C11H25NO3S. The monoisotopic (exact) mass is 251 g/mol. The van der Waals surface area contributed by atoms with Gasteiger partial charge >= 0.3 is 0 Å². The van der Waals surface area contributed by atoms with Gasteiger partial charge in [0.25, 0.3) is 0 Å². The minimum absolute atomic E-state index is 0.294. The molecule has 2 atom stereocenters. The third-order valence-corrected chi connectivity index (χ3v) is 3.83. The molecule has 0 spiro atoms. The zero-order valence-corrected chi connectivity index (χ0v) is 11.6. The van der Waals surface area contributed by atoms with Crippen molar-refractivity contribution in [3.63, 3.8) is 0 Å². The van der Waals surface area contributed by atoms with Gasteiger partial charge in [-0.1, -0.05) is 6.92 Å². The topological polar surface area (TPSA) is 55.4 Å². The average Bonchev–Trinajstić information content (AvgIpc) is 2.15. The first-order valence-electron chi connectivity index (χ1n) is 5.77. The molecular weight excluding hydrogens is 226 g/mol. The molecule has 4 nitrogen and oxygen atoms in total. The summed E-state index contributed by atoms with van der Waals surface area (Å²) in [6.45, 7) is 5.82. The molecule has 16 heavy (non-hydrogen) atoms. The van der Waals surface area contributed by atoms with Crippen LogP contribution in [0.25, 0.3) is 0 Å². The predicted molar refractivity (Wildman–Crippen MR) is 67.4 cm³/mol. The summed E-state index contributed by atoms with van der Waals surface area (Å²) in [5.74, 6) is 0.779. The van der Waals surface area contributed by atoms with Gasteiger partial charge in [0, 0.05) is 31.7 Å². The zero-order valence-electron chi connectivity index (χ0n) is 10.8. The normalized spacial score (nSPS) is 16.0. The highest BCUT2D eigenvalue weighted by Crippen LogP contribution is 2.11. The fraction of sp³-hybridized carbons (Fsp3) is 1.00. The van der Waals surface area contributed by atoms with Gasteiger partial charge in [-0.2, -0.15) is 0 Å². The number of nitrogens with one attached hydrogen (secondary N) is 1. The van der Waals surface area contributed by atoms with Gasteiger partial charge in [0.05, 0.1) is 6.61 Å². The van der Waals surface area contributed by atoms with Crippen molar-refractivity contribution in [2.24, 2.45) is 5.92 Å². The first-order valence-corrected chi connectivity index (χ1v) is 7.83. The van der Waals surface area contributed by atoms with Gasteiger partial charge in [-0.15, -0.1) is 0 Å². The van der Waals surface area contributed by atoms with E-state index < -0.39 is 9.84 Å². The van der Waals surface area contributed by atoms with E-state index in [1.54, 1.807) is 7.11 Å². The lowest BCUT2D eigenvalue weighted by Gasteiger charge is -2.21. The summed E-state index contributed by atoms with van der Waals surface area (Å²) < 4.78 is 26.9. The second-order valence-corrected chi connectivity index (χ2v) is 6.74. The Morgan fingerprint density at radius 3 is 2.44 bits per heavy atom. The maximum atomic E-state index is 11.0. The van der Waals surface area contributed by atoms with Gasteiger partial charge in [-0.25, -0.2) is 8.42 Å². The lowest BCUT2D eigenvalue weighted by Crippen LogP contribution is -2.34. The molecule has 5 heteroatoms. The van der Waals surface area contributed by atoms with E-state index in [0.29, 0.717) is 24.3 Å². The largest absolute Gasteiger partial charge is 0.383 e. The van der Waals surface area contributed by atoms with Crippen LogP contribution in [0.3, 0.4) is 0 Å². The van der Waals surface area contributed by atoms with Gasteiger partial charge < -0.3 is 10.1 Å². The van der Waals surface area contributed by atoms with Crippen LogP contribution in [0.4, 0.5) is 0 Å². The van der Waals surface area contributed by atoms with Crippen molar-refractivity contribution in [2.75, 3.05) is 32.3 Å². The van der Waals surface area contributed by atoms with Gasteiger partial charge in [0.15, 0.2) is 0 Å². The molecule has 0 aromatic heterocycles. The first-order chi connectivity index (χ1) is 7.37. The maximum absolute atomic E-state index is 11.0. The quantitative estimate of drug-likeness (QED) is 0.623. The fourth-order valence-electron chi connectivity index (χ4n) is 1.51. The van der Waals surface area contributed by atoms with Gasteiger partial charge in [0.1, 0.15) is 9.84 Å². The minimum atomic E-state index is -2.81. The number of methoxy groups -OCH3 is 1. The van der Waals surface area contributed by atoms with E-state index in [1.165, 1.54) is 6.26 Å². The van der Waals surface area contributed by atoms with Gasteiger partial charge in [0.2, 0.25) is 0 Å². The van der Waals surface area contributed by atoms with Gasteiger partial charge in [-0.05, 0) is 25.7 Å². The number of hydrogen-bond acceptors (Lipinski definition) is 4. The Morgan fingerprint density at radius 1 is 1.31 bits per heavy atom. The molecule has 0 rings (SSSR count). The Morgan fingerprint density at radius 2 is 1.94 bits per heavy atom. The fourth-order valence-corrected chi connectivity index (χ4v) is 2.20. The molecule has 0 fully saturated rings. The molecule has 1 N–H and O–H groups in total. The van der Waals surface area contributed by atoms with Crippen LogP contribution in [0.1, 0.15) is 26.7 Å². The molecule has 0 aromatic rings. The second kappa shape index (κ2) is 8.03. The van der Waals surface area contributed by atoms with Crippen LogP contribution in [0.2, 0.25) is 0 Å². The van der Waals surface area contributed by atoms with Crippen molar-refractivity contribution >= 4 is 9.84 Å². The molecule has 0 amide bonds. The van der Waals surface area contributed by atoms with Crippen molar-refractivity contribution < 1.29 is 13.2 Å². The van der Waals surface area contributed by atoms with Crippen LogP contribution in [0.5, 0.6) is 0 Å². The summed E-state index contributed by atoms with van der Waals surface area (Å²) in [7, 11) is -1.12. The van der Waals surface area contributed by atoms with E-state index >= 15 is 0 Å². The molecule has 0 aliphatic rings. The third-order valence-electron chi connectivity index (χ3n) is 2.80. The number of rotatable bonds is 9. The Balaban J connectivity index is 3.66. The second-order valence-electron chi connectivity index (χ2n) is 4.48. The van der Waals surface area contributed by atoms with Crippen LogP contribution in [-0.2, 0) is 14.6 Å². The first kappa shape index (κ1) is 15.9. The Kier molecular flexibility index (Phi) is 7.97. The number of hydrogen-bond donors (Lipinski definition) is 1. The average molecular weight is 251 g/mol. The summed E-state index contributed by atoms with van der Waals surface area (Å²) in [6, 6.07) is 0.398. The van der Waals surface area contributed by atoms with Gasteiger partial charge in [-0.3, -0.25) is 0 Å². The zero-order chi connectivity index (χ0) is 12.6. The molecule has 0 bridgehead atoms. The van der Waals surface area contributed by atoms with E-state index in [0.717, 1.165) is 19.4 Å². The van der Waals surface area contributed by atoms with Crippen molar-refractivity contribution in [3.8, 4) is 0 Å². The smallest absolute Gasteiger partial charge is 0.147 e. The predicted octanol–water partition coefficient (Wildman–Crippen LogP) is 1.07. The summed E-state index contributed by atoms with van der Waals surface area (Å²) in [5.41, 5.74) is 0. The molecule has 0 aliphatic carbocycles. The molecule has 2 unspecified atom stereocenters. The van der Waals surface area contributed by atoms with Crippen LogP contribution in [0.15, 0.2) is 0 Å². The third kappa shape index (κ3) is 9.12. The molecule has 0 saturated heterocycles. The Labute approximate surface area is 99.7 Å². The minimum Gasteiger partial charge on any atom is -0.383 e. The summed E-state index contributed by atoms with van der Waals surface area (Å²) in [4.78, 5) is 0. The van der Waals surface area contributed by atoms with Crippen molar-refractivity contribution in [1.82, 2.24) is 5.32 Å². The molecule has 0 saturated carbocycles. The molecule has 0 heterocycles. The van der Waals surface area contributed by atoms with Crippen LogP contribution >= 0.6 is 0 Å². The standard InChI is InChI=1S/C11H25NO3S/c1-10(6-5-9-16(4,13)14)11(2)12-7-8-15-3/h10-12H,5-9H2,1-4H3. The highest BCUT2D eigenvalue weighted by atomic mass is 32.2. The molecule has 0 radical (unpaired) electrons. The van der Waals surface area contributed by atoms with Crippen molar-refractivity contribution in [3.05, 3.63) is 0 Å². The number of sulfone groups is 1. The van der Waals surface area contributed by atoms with Crippen molar-refractivity contribution in [1.29, 1.82) is 0 Å². The molecule has 0 aliphatic heterocycles. The van der Waals surface area contributed by atoms with Crippen molar-refractivity contribution in [2.45, 2.75) is 32.7 Å². The van der Waals surface area contributed by atoms with Crippen LogP contribution < -0.4 is 5.32 Å². The Bertz CT molecular complexity index is 264. The number of ether oxygens (including phenoxy) is 1. The van der Waals surface area contributed by atoms with E-state index in [-0.39, 0.29) is 0 Å². The summed E-state index contributed by atoms with van der Waals surface area (Å²) >= 11 is 0. The lowest BCUT2D eigenvalue weighted by atomic mass is 9.98. The summed E-state index contributed by atoms with van der Waals surface area (Å²) in [5, 5.41) is 3.36. The highest BCUT2D eigenvalue weighted by molar-refractivity contribution is 7.90. The van der Waals surface area contributed by atoms with Crippen LogP contribution in [-0.4, -0.2) is 46.7 Å². The Hall–Kier alpha value is -0.130. The maximum Gasteiger partial charge on any atom is 0.147 e. The lowest BCUT2D eigenvalue weighted by molar-refractivity contribution is 0.192. The van der Waals surface area contributed by atoms with E-state index in [9.17, 15) is 8.42 Å². The van der Waals surface area contributed by atoms with E-state index in [2.05, 4.69) is 19.2 Å². The van der Waals surface area contributed by atoms with E-state index in [1.807, 2.05) is 0 Å². The SMILES string of the molecule is COCCNC(C)C(C)CCCS(C)(=O)=O. The highest BCUT2D eigenvalue weighted by Gasteiger charge is 2.12. The molecule has 98 valence electrons.